The summed E-state index contributed by atoms with van der Waals surface area (Å²) in [6, 6.07) is 10.8. The first-order valence-corrected chi connectivity index (χ1v) is 9.90. The van der Waals surface area contributed by atoms with E-state index in [4.69, 9.17) is 4.74 Å². The Hall–Kier alpha value is -2.04. The van der Waals surface area contributed by atoms with Crippen molar-refractivity contribution in [3.63, 3.8) is 0 Å². The third kappa shape index (κ3) is 3.19. The van der Waals surface area contributed by atoms with Gasteiger partial charge in [-0.25, -0.2) is 4.79 Å². The van der Waals surface area contributed by atoms with Crippen molar-refractivity contribution in [2.45, 2.75) is 50.5 Å². The van der Waals surface area contributed by atoms with E-state index in [-0.39, 0.29) is 24.0 Å². The van der Waals surface area contributed by atoms with Gasteiger partial charge in [0, 0.05) is 30.5 Å². The average molecular weight is 356 g/mol. The Balaban J connectivity index is 1.24. The minimum atomic E-state index is -0.355. The first kappa shape index (κ1) is 17.4. The lowest BCUT2D eigenvalue weighted by Gasteiger charge is -2.40. The number of rotatable bonds is 5. The quantitative estimate of drug-likeness (QED) is 0.882. The Bertz CT molecular complexity index is 671. The van der Waals surface area contributed by atoms with E-state index in [0.29, 0.717) is 17.9 Å². The summed E-state index contributed by atoms with van der Waals surface area (Å²) in [5.41, 5.74) is 1.76. The lowest BCUT2D eigenvalue weighted by atomic mass is 9.78. The van der Waals surface area contributed by atoms with Gasteiger partial charge in [-0.2, -0.15) is 0 Å². The smallest absolute Gasteiger partial charge is 0.407 e. The molecule has 3 fully saturated rings. The molecule has 0 bridgehead atoms. The number of piperidine rings is 1. The lowest BCUT2D eigenvalue weighted by molar-refractivity contribution is -0.140. The molecule has 2 amide bonds. The van der Waals surface area contributed by atoms with Crippen LogP contribution < -0.4 is 5.32 Å². The predicted octanol–water partition coefficient (Wildman–Crippen LogP) is 3.09. The standard InChI is InChI=1S/C21H28N2O3/c1-2-10-26-20(25)22-18-11-15(12-18)19(24)23-9-8-21(13-17(21)14-23)16-6-4-3-5-7-16/h3-7,15,17-18H,2,8-14H2,1H3,(H,22,25)/t15-,17?,18+,21?. The van der Waals surface area contributed by atoms with Crippen molar-refractivity contribution in [2.75, 3.05) is 19.7 Å². The van der Waals surface area contributed by atoms with Crippen molar-refractivity contribution in [3.8, 4) is 0 Å². The number of amides is 2. The molecule has 1 aromatic rings. The van der Waals surface area contributed by atoms with Crippen molar-refractivity contribution in [2.24, 2.45) is 11.8 Å². The summed E-state index contributed by atoms with van der Waals surface area (Å²) in [7, 11) is 0. The molecule has 1 aliphatic heterocycles. The first-order valence-electron chi connectivity index (χ1n) is 9.90. The minimum Gasteiger partial charge on any atom is -0.450 e. The molecule has 1 aromatic carbocycles. The van der Waals surface area contributed by atoms with E-state index in [2.05, 4.69) is 40.5 Å². The van der Waals surface area contributed by atoms with Gasteiger partial charge in [-0.1, -0.05) is 37.3 Å². The zero-order chi connectivity index (χ0) is 18.1. The van der Waals surface area contributed by atoms with Gasteiger partial charge < -0.3 is 15.0 Å². The van der Waals surface area contributed by atoms with Crippen LogP contribution in [0.15, 0.2) is 30.3 Å². The Morgan fingerprint density at radius 2 is 2.04 bits per heavy atom. The first-order chi connectivity index (χ1) is 12.6. The maximum atomic E-state index is 12.8. The number of hydrogen-bond acceptors (Lipinski definition) is 3. The normalized spacial score (nSPS) is 32.2. The maximum absolute atomic E-state index is 12.8. The Morgan fingerprint density at radius 3 is 2.73 bits per heavy atom. The maximum Gasteiger partial charge on any atom is 0.407 e. The summed E-state index contributed by atoms with van der Waals surface area (Å²) in [4.78, 5) is 26.4. The Labute approximate surface area is 155 Å². The van der Waals surface area contributed by atoms with Crippen LogP contribution >= 0.6 is 0 Å². The van der Waals surface area contributed by atoms with E-state index in [0.717, 1.165) is 38.8 Å². The van der Waals surface area contributed by atoms with Gasteiger partial charge in [0.15, 0.2) is 0 Å². The number of carbonyl (C=O) groups excluding carboxylic acids is 2. The van der Waals surface area contributed by atoms with Crippen LogP contribution in [0.2, 0.25) is 0 Å². The van der Waals surface area contributed by atoms with Gasteiger partial charge in [0.25, 0.3) is 0 Å². The van der Waals surface area contributed by atoms with Crippen LogP contribution in [0.5, 0.6) is 0 Å². The summed E-state index contributed by atoms with van der Waals surface area (Å²) in [5.74, 6) is 0.952. The van der Waals surface area contributed by atoms with E-state index < -0.39 is 0 Å². The molecule has 2 aliphatic carbocycles. The van der Waals surface area contributed by atoms with Crippen molar-refractivity contribution >= 4 is 12.0 Å². The lowest BCUT2D eigenvalue weighted by Crippen LogP contribution is -2.52. The van der Waals surface area contributed by atoms with E-state index >= 15 is 0 Å². The molecular formula is C21H28N2O3. The molecule has 2 atom stereocenters. The molecule has 2 saturated carbocycles. The predicted molar refractivity (Wildman–Crippen MR) is 98.7 cm³/mol. The highest BCUT2D eigenvalue weighted by atomic mass is 16.5. The summed E-state index contributed by atoms with van der Waals surface area (Å²) < 4.78 is 5.04. The van der Waals surface area contributed by atoms with Gasteiger partial charge in [-0.3, -0.25) is 4.79 Å². The highest BCUT2D eigenvalue weighted by Crippen LogP contribution is 2.59. The van der Waals surface area contributed by atoms with Crippen LogP contribution in [0.3, 0.4) is 0 Å². The molecule has 3 aliphatic rings. The topological polar surface area (TPSA) is 58.6 Å². The molecule has 1 N–H and O–H groups in total. The zero-order valence-corrected chi connectivity index (χ0v) is 15.4. The third-order valence-electron chi connectivity index (χ3n) is 6.41. The van der Waals surface area contributed by atoms with Crippen LogP contribution in [0.1, 0.15) is 44.6 Å². The van der Waals surface area contributed by atoms with Gasteiger partial charge in [0.1, 0.15) is 0 Å². The zero-order valence-electron chi connectivity index (χ0n) is 15.4. The molecule has 0 radical (unpaired) electrons. The van der Waals surface area contributed by atoms with Crippen LogP contribution in [0.4, 0.5) is 4.79 Å². The highest BCUT2D eigenvalue weighted by molar-refractivity contribution is 5.80. The van der Waals surface area contributed by atoms with E-state index in [1.54, 1.807) is 0 Å². The fourth-order valence-electron chi connectivity index (χ4n) is 4.68. The number of hydrogen-bond donors (Lipinski definition) is 1. The SMILES string of the molecule is CCCOC(=O)N[C@H]1C[C@@H](C(=O)N2CCC3(c4ccccc4)CC3C2)C1. The van der Waals surface area contributed by atoms with E-state index in [9.17, 15) is 9.59 Å². The number of alkyl carbamates (subject to hydrolysis) is 1. The average Bonchev–Trinajstić information content (AvgIpc) is 3.38. The van der Waals surface area contributed by atoms with Crippen molar-refractivity contribution < 1.29 is 14.3 Å². The molecule has 26 heavy (non-hydrogen) atoms. The van der Waals surface area contributed by atoms with Gasteiger partial charge >= 0.3 is 6.09 Å². The van der Waals surface area contributed by atoms with E-state index in [1.807, 2.05) is 6.92 Å². The van der Waals surface area contributed by atoms with Crippen molar-refractivity contribution in [1.82, 2.24) is 10.2 Å². The van der Waals surface area contributed by atoms with Gasteiger partial charge in [-0.05, 0) is 43.6 Å². The van der Waals surface area contributed by atoms with Gasteiger partial charge in [-0.15, -0.1) is 0 Å². The molecule has 1 saturated heterocycles. The van der Waals surface area contributed by atoms with Crippen molar-refractivity contribution in [3.05, 3.63) is 35.9 Å². The van der Waals surface area contributed by atoms with Crippen LogP contribution in [-0.2, 0) is 14.9 Å². The molecule has 2 unspecified atom stereocenters. The molecule has 140 valence electrons. The monoisotopic (exact) mass is 356 g/mol. The molecule has 0 spiro atoms. The summed E-state index contributed by atoms with van der Waals surface area (Å²) >= 11 is 0. The number of carbonyl (C=O) groups is 2. The molecule has 1 heterocycles. The summed E-state index contributed by atoms with van der Waals surface area (Å²) in [6.07, 6.45) is 4.23. The number of nitrogens with zero attached hydrogens (tertiary/aromatic N) is 1. The van der Waals surface area contributed by atoms with Crippen molar-refractivity contribution in [1.29, 1.82) is 0 Å². The highest BCUT2D eigenvalue weighted by Gasteiger charge is 2.58. The number of benzene rings is 1. The Kier molecular flexibility index (Phi) is 4.63. The number of likely N-dealkylation sites (tertiary alicyclic amines) is 1. The van der Waals surface area contributed by atoms with E-state index in [1.165, 1.54) is 12.0 Å². The van der Waals surface area contributed by atoms with Gasteiger partial charge in [0.05, 0.1) is 6.61 Å². The molecule has 4 rings (SSSR count). The minimum absolute atomic E-state index is 0.0643. The largest absolute Gasteiger partial charge is 0.450 e. The number of nitrogens with one attached hydrogen (secondary N) is 1. The number of fused-ring (bicyclic) bond motifs is 1. The van der Waals surface area contributed by atoms with Crippen LogP contribution in [0, 0.1) is 11.8 Å². The number of ether oxygens (including phenoxy) is 1. The van der Waals surface area contributed by atoms with Crippen LogP contribution in [-0.4, -0.2) is 42.6 Å². The van der Waals surface area contributed by atoms with Gasteiger partial charge in [0.2, 0.25) is 5.91 Å². The second-order valence-electron chi connectivity index (χ2n) is 8.10. The summed E-state index contributed by atoms with van der Waals surface area (Å²) in [5, 5.41) is 2.85. The van der Waals surface area contributed by atoms with Crippen LogP contribution in [0.25, 0.3) is 0 Å². The second kappa shape index (κ2) is 6.93. The molecular weight excluding hydrogens is 328 g/mol. The Morgan fingerprint density at radius 1 is 1.27 bits per heavy atom. The second-order valence-corrected chi connectivity index (χ2v) is 8.10. The fourth-order valence-corrected chi connectivity index (χ4v) is 4.68. The molecule has 5 heteroatoms. The molecule has 5 nitrogen and oxygen atoms in total. The summed E-state index contributed by atoms with van der Waals surface area (Å²) in [6.45, 7) is 4.16. The fraction of sp³-hybridized carbons (Fsp3) is 0.619. The third-order valence-corrected chi connectivity index (χ3v) is 6.41. The molecule has 0 aromatic heterocycles.